The van der Waals surface area contributed by atoms with Gasteiger partial charge in [0.25, 0.3) is 0 Å². The van der Waals surface area contributed by atoms with E-state index < -0.39 is 0 Å². The van der Waals surface area contributed by atoms with Gasteiger partial charge in [0, 0.05) is 12.2 Å². The smallest absolute Gasteiger partial charge is 0.119 e. The Bertz CT molecular complexity index is 608. The molecule has 0 radical (unpaired) electrons. The summed E-state index contributed by atoms with van der Waals surface area (Å²) >= 11 is 0. The van der Waals surface area contributed by atoms with Gasteiger partial charge >= 0.3 is 0 Å². The molecule has 0 aliphatic rings. The van der Waals surface area contributed by atoms with E-state index >= 15 is 0 Å². The van der Waals surface area contributed by atoms with Gasteiger partial charge < -0.3 is 15.2 Å². The minimum atomic E-state index is 0.0630. The van der Waals surface area contributed by atoms with Crippen LogP contribution < -0.4 is 10.1 Å². The molecule has 22 heavy (non-hydrogen) atoms. The molecule has 3 nitrogen and oxygen atoms in total. The van der Waals surface area contributed by atoms with E-state index in [-0.39, 0.29) is 6.61 Å². The second-order valence-corrected chi connectivity index (χ2v) is 5.81. The zero-order chi connectivity index (χ0) is 15.9. The van der Waals surface area contributed by atoms with Crippen molar-refractivity contribution < 1.29 is 9.84 Å². The van der Waals surface area contributed by atoms with Crippen molar-refractivity contribution in [3.05, 3.63) is 59.2 Å². The molecule has 0 bridgehead atoms. The highest BCUT2D eigenvalue weighted by molar-refractivity contribution is 5.45. The summed E-state index contributed by atoms with van der Waals surface area (Å²) in [5.41, 5.74) is 4.55. The Balaban J connectivity index is 1.82. The predicted octanol–water partition coefficient (Wildman–Crippen LogP) is 4.10. The van der Waals surface area contributed by atoms with Crippen LogP contribution in [0.2, 0.25) is 0 Å². The van der Waals surface area contributed by atoms with Crippen LogP contribution in [0.4, 0.5) is 5.69 Å². The van der Waals surface area contributed by atoms with Crippen molar-refractivity contribution in [1.29, 1.82) is 0 Å². The third kappa shape index (κ3) is 4.50. The minimum Gasteiger partial charge on any atom is -0.492 e. The fourth-order valence-corrected chi connectivity index (χ4v) is 2.53. The van der Waals surface area contributed by atoms with E-state index in [2.05, 4.69) is 38.2 Å². The molecule has 0 unspecified atom stereocenters. The molecule has 0 atom stereocenters. The molecular weight excluding hydrogens is 274 g/mol. The van der Waals surface area contributed by atoms with Crippen LogP contribution in [0.1, 0.15) is 36.5 Å². The van der Waals surface area contributed by atoms with Crippen LogP contribution in [0.5, 0.6) is 5.75 Å². The van der Waals surface area contributed by atoms with Gasteiger partial charge in [-0.3, -0.25) is 0 Å². The number of rotatable bonds is 7. The number of benzene rings is 2. The quantitative estimate of drug-likeness (QED) is 0.756. The molecule has 0 amide bonds. The maximum atomic E-state index is 9.12. The fraction of sp³-hybridized carbons (Fsp3) is 0.368. The summed E-state index contributed by atoms with van der Waals surface area (Å²) in [4.78, 5) is 0. The molecule has 2 aromatic carbocycles. The topological polar surface area (TPSA) is 41.5 Å². The third-order valence-electron chi connectivity index (χ3n) is 3.67. The van der Waals surface area contributed by atoms with Crippen LogP contribution in [0.15, 0.2) is 42.5 Å². The van der Waals surface area contributed by atoms with Crippen molar-refractivity contribution in [2.75, 3.05) is 18.5 Å². The van der Waals surface area contributed by atoms with Gasteiger partial charge in [-0.25, -0.2) is 0 Å². The average molecular weight is 299 g/mol. The predicted molar refractivity (Wildman–Crippen MR) is 91.6 cm³/mol. The number of nitrogens with one attached hydrogen (secondary N) is 1. The van der Waals surface area contributed by atoms with Gasteiger partial charge in [0.1, 0.15) is 12.4 Å². The van der Waals surface area contributed by atoms with Crippen LogP contribution in [0.3, 0.4) is 0 Å². The van der Waals surface area contributed by atoms with Crippen LogP contribution in [-0.2, 0) is 6.61 Å². The first-order valence-corrected chi connectivity index (χ1v) is 7.77. The summed E-state index contributed by atoms with van der Waals surface area (Å²) in [5.74, 6) is 1.45. The Morgan fingerprint density at radius 3 is 2.64 bits per heavy atom. The Kier molecular flexibility index (Phi) is 5.84. The zero-order valence-electron chi connectivity index (χ0n) is 13.6. The minimum absolute atomic E-state index is 0.0630. The van der Waals surface area contributed by atoms with Crippen molar-refractivity contribution in [1.82, 2.24) is 0 Å². The molecule has 2 N–H and O–H groups in total. The molecule has 0 aliphatic carbocycles. The number of aryl methyl sites for hydroxylation is 1. The Hall–Kier alpha value is -2.00. The van der Waals surface area contributed by atoms with Gasteiger partial charge in [-0.05, 0) is 53.8 Å². The largest absolute Gasteiger partial charge is 0.492 e. The van der Waals surface area contributed by atoms with Crippen LogP contribution in [0, 0.1) is 6.92 Å². The number of aliphatic hydroxyl groups excluding tert-OH is 1. The first kappa shape index (κ1) is 16.4. The normalized spacial score (nSPS) is 10.8. The van der Waals surface area contributed by atoms with Crippen molar-refractivity contribution in [2.45, 2.75) is 33.3 Å². The van der Waals surface area contributed by atoms with E-state index in [1.165, 1.54) is 11.1 Å². The lowest BCUT2D eigenvalue weighted by atomic mass is 9.98. The van der Waals surface area contributed by atoms with E-state index in [4.69, 9.17) is 9.84 Å². The highest BCUT2D eigenvalue weighted by atomic mass is 16.5. The molecule has 118 valence electrons. The average Bonchev–Trinajstić information content (AvgIpc) is 2.51. The lowest BCUT2D eigenvalue weighted by Gasteiger charge is -2.13. The number of hydrogen-bond donors (Lipinski definition) is 2. The Morgan fingerprint density at radius 2 is 1.95 bits per heavy atom. The zero-order valence-corrected chi connectivity index (χ0v) is 13.6. The molecular formula is C19H25NO2. The number of hydrogen-bond acceptors (Lipinski definition) is 3. The van der Waals surface area contributed by atoms with Gasteiger partial charge in [0.05, 0.1) is 6.61 Å². The van der Waals surface area contributed by atoms with Gasteiger partial charge in [0.2, 0.25) is 0 Å². The standard InChI is InChI=1S/C19H25NO2/c1-14(2)19-8-7-18(11-15(19)3)22-10-9-20-17-6-4-5-16(12-17)13-21/h4-8,11-12,14,20-21H,9-10,13H2,1-3H3. The summed E-state index contributed by atoms with van der Waals surface area (Å²) in [7, 11) is 0. The molecule has 3 heteroatoms. The van der Waals surface area contributed by atoms with Gasteiger partial charge in [-0.1, -0.05) is 32.0 Å². The third-order valence-corrected chi connectivity index (χ3v) is 3.67. The molecule has 0 heterocycles. The molecule has 2 rings (SSSR count). The molecule has 0 saturated carbocycles. The molecule has 0 fully saturated rings. The van der Waals surface area contributed by atoms with Crippen molar-refractivity contribution in [2.24, 2.45) is 0 Å². The summed E-state index contributed by atoms with van der Waals surface area (Å²) < 4.78 is 5.79. The van der Waals surface area contributed by atoms with Crippen molar-refractivity contribution in [3.8, 4) is 5.75 Å². The second kappa shape index (κ2) is 7.85. The van der Waals surface area contributed by atoms with Crippen molar-refractivity contribution in [3.63, 3.8) is 0 Å². The van der Waals surface area contributed by atoms with Crippen molar-refractivity contribution >= 4 is 5.69 Å². The summed E-state index contributed by atoms with van der Waals surface area (Å²) in [6, 6.07) is 14.1. The monoisotopic (exact) mass is 299 g/mol. The number of ether oxygens (including phenoxy) is 1. The highest BCUT2D eigenvalue weighted by Gasteiger charge is 2.04. The number of anilines is 1. The lowest BCUT2D eigenvalue weighted by molar-refractivity contribution is 0.282. The van der Waals surface area contributed by atoms with E-state index in [1.807, 2.05) is 30.3 Å². The molecule has 0 saturated heterocycles. The van der Waals surface area contributed by atoms with Gasteiger partial charge in [-0.2, -0.15) is 0 Å². The summed E-state index contributed by atoms with van der Waals surface area (Å²) in [6.45, 7) is 7.92. The van der Waals surface area contributed by atoms with E-state index in [9.17, 15) is 0 Å². The van der Waals surface area contributed by atoms with E-state index in [0.29, 0.717) is 12.5 Å². The SMILES string of the molecule is Cc1cc(OCCNc2cccc(CO)c2)ccc1C(C)C. The maximum Gasteiger partial charge on any atom is 0.119 e. The maximum absolute atomic E-state index is 9.12. The van der Waals surface area contributed by atoms with E-state index in [0.717, 1.165) is 23.5 Å². The highest BCUT2D eigenvalue weighted by Crippen LogP contribution is 2.23. The van der Waals surface area contributed by atoms with E-state index in [1.54, 1.807) is 0 Å². The first-order valence-electron chi connectivity index (χ1n) is 7.77. The molecule has 0 spiro atoms. The lowest BCUT2D eigenvalue weighted by Crippen LogP contribution is -2.11. The van der Waals surface area contributed by atoms with Crippen LogP contribution in [-0.4, -0.2) is 18.3 Å². The molecule has 0 aromatic heterocycles. The summed E-state index contributed by atoms with van der Waals surface area (Å²) in [6.07, 6.45) is 0. The first-order chi connectivity index (χ1) is 10.6. The van der Waals surface area contributed by atoms with Gasteiger partial charge in [0.15, 0.2) is 0 Å². The van der Waals surface area contributed by atoms with Crippen LogP contribution in [0.25, 0.3) is 0 Å². The number of aliphatic hydroxyl groups is 1. The molecule has 0 aliphatic heterocycles. The summed E-state index contributed by atoms with van der Waals surface area (Å²) in [5, 5.41) is 12.4. The Morgan fingerprint density at radius 1 is 1.14 bits per heavy atom. The fourth-order valence-electron chi connectivity index (χ4n) is 2.53. The Labute approximate surface area is 133 Å². The van der Waals surface area contributed by atoms with Crippen LogP contribution >= 0.6 is 0 Å². The van der Waals surface area contributed by atoms with Gasteiger partial charge in [-0.15, -0.1) is 0 Å². The molecule has 2 aromatic rings. The second-order valence-electron chi connectivity index (χ2n) is 5.81.